The summed E-state index contributed by atoms with van der Waals surface area (Å²) in [6.07, 6.45) is 1.94. The number of aliphatic hydroxyl groups excluding tert-OH is 1. The van der Waals surface area contributed by atoms with Gasteiger partial charge in [-0.1, -0.05) is 39.3 Å². The number of halogens is 1. The molecular weight excluding hydrogens is 191 g/mol. The van der Waals surface area contributed by atoms with Crippen molar-refractivity contribution in [3.8, 4) is 0 Å². The maximum atomic E-state index is 12.7. The summed E-state index contributed by atoms with van der Waals surface area (Å²) in [5.41, 5.74) is 0.862. The fourth-order valence-electron chi connectivity index (χ4n) is 1.37. The first-order valence-corrected chi connectivity index (χ1v) is 5.65. The van der Waals surface area contributed by atoms with Crippen molar-refractivity contribution in [1.29, 1.82) is 0 Å². The molecule has 0 aliphatic rings. The van der Waals surface area contributed by atoms with Crippen molar-refractivity contribution >= 4 is 0 Å². The predicted molar refractivity (Wildman–Crippen MR) is 62.4 cm³/mol. The molecular formula is C13H21FO. The van der Waals surface area contributed by atoms with Crippen molar-refractivity contribution in [1.82, 2.24) is 0 Å². The van der Waals surface area contributed by atoms with Crippen molar-refractivity contribution in [3.63, 3.8) is 0 Å². The molecule has 0 radical (unpaired) electrons. The summed E-state index contributed by atoms with van der Waals surface area (Å²) in [7, 11) is 0. The molecule has 0 aliphatic carbocycles. The van der Waals surface area contributed by atoms with Crippen LogP contribution in [0.25, 0.3) is 0 Å². The Morgan fingerprint density at radius 2 is 2.00 bits per heavy atom. The van der Waals surface area contributed by atoms with Gasteiger partial charge >= 0.3 is 0 Å². The van der Waals surface area contributed by atoms with E-state index in [1.54, 1.807) is 6.07 Å². The van der Waals surface area contributed by atoms with Crippen LogP contribution in [-0.4, -0.2) is 11.2 Å². The van der Waals surface area contributed by atoms with Crippen LogP contribution < -0.4 is 0 Å². The minimum Gasteiger partial charge on any atom is -0.393 e. The third kappa shape index (κ3) is 6.24. The summed E-state index contributed by atoms with van der Waals surface area (Å²) >= 11 is 0. The fourth-order valence-corrected chi connectivity index (χ4v) is 1.37. The molecule has 0 saturated carbocycles. The lowest BCUT2D eigenvalue weighted by molar-refractivity contribution is 0.164. The van der Waals surface area contributed by atoms with Gasteiger partial charge in [0, 0.05) is 0 Å². The third-order valence-corrected chi connectivity index (χ3v) is 1.98. The Labute approximate surface area is 92.0 Å². The summed E-state index contributed by atoms with van der Waals surface area (Å²) in [6, 6.07) is 6.39. The minimum absolute atomic E-state index is 0.235. The topological polar surface area (TPSA) is 20.2 Å². The smallest absolute Gasteiger partial charge is 0.123 e. The van der Waals surface area contributed by atoms with Gasteiger partial charge in [0.25, 0.3) is 0 Å². The molecule has 0 amide bonds. The van der Waals surface area contributed by atoms with Gasteiger partial charge in [-0.15, -0.1) is 0 Å². The van der Waals surface area contributed by atoms with Crippen LogP contribution >= 0.6 is 0 Å². The van der Waals surface area contributed by atoms with Gasteiger partial charge in [0.1, 0.15) is 5.82 Å². The first kappa shape index (κ1) is 14.1. The van der Waals surface area contributed by atoms with Crippen LogP contribution in [0.3, 0.4) is 0 Å². The standard InChI is InChI=1S/C11H15FO.C2H6/c1-2-4-11(13)8-9-5-3-6-10(12)7-9;1-2/h3,5-7,11,13H,2,4,8H2,1H3;1-2H3. The van der Waals surface area contributed by atoms with Gasteiger partial charge in [-0.2, -0.15) is 0 Å². The molecule has 1 aromatic carbocycles. The molecule has 86 valence electrons. The largest absolute Gasteiger partial charge is 0.393 e. The molecule has 0 aromatic heterocycles. The normalized spacial score (nSPS) is 11.5. The van der Waals surface area contributed by atoms with E-state index in [9.17, 15) is 9.50 Å². The quantitative estimate of drug-likeness (QED) is 0.809. The van der Waals surface area contributed by atoms with Crippen LogP contribution in [0.4, 0.5) is 4.39 Å². The van der Waals surface area contributed by atoms with Crippen LogP contribution in [0.5, 0.6) is 0 Å². The average Bonchev–Trinajstić information content (AvgIpc) is 2.21. The number of hydrogen-bond acceptors (Lipinski definition) is 1. The Bertz CT molecular complexity index is 260. The van der Waals surface area contributed by atoms with Gasteiger partial charge in [0.05, 0.1) is 6.10 Å². The molecule has 0 aliphatic heterocycles. The van der Waals surface area contributed by atoms with E-state index in [0.29, 0.717) is 6.42 Å². The molecule has 0 heterocycles. The molecule has 1 aromatic rings. The zero-order valence-electron chi connectivity index (χ0n) is 9.83. The van der Waals surface area contributed by atoms with Gasteiger partial charge in [-0.25, -0.2) is 4.39 Å². The van der Waals surface area contributed by atoms with Crippen molar-refractivity contribution in [2.45, 2.75) is 46.1 Å². The molecule has 2 heteroatoms. The summed E-state index contributed by atoms with van der Waals surface area (Å²) in [4.78, 5) is 0. The Hall–Kier alpha value is -0.890. The molecule has 1 atom stereocenters. The monoisotopic (exact) mass is 212 g/mol. The molecule has 1 nitrogen and oxygen atoms in total. The number of rotatable bonds is 4. The number of aliphatic hydroxyl groups is 1. The Morgan fingerprint density at radius 1 is 1.33 bits per heavy atom. The van der Waals surface area contributed by atoms with Gasteiger partial charge < -0.3 is 5.11 Å². The van der Waals surface area contributed by atoms with Crippen molar-refractivity contribution in [2.75, 3.05) is 0 Å². The highest BCUT2D eigenvalue weighted by molar-refractivity contribution is 5.16. The molecule has 0 spiro atoms. The molecule has 0 saturated heterocycles. The van der Waals surface area contributed by atoms with Gasteiger partial charge in [-0.05, 0) is 30.5 Å². The Kier molecular flexibility index (Phi) is 7.92. The van der Waals surface area contributed by atoms with E-state index in [0.717, 1.165) is 18.4 Å². The lowest BCUT2D eigenvalue weighted by Crippen LogP contribution is -2.09. The molecule has 1 rings (SSSR count). The summed E-state index contributed by atoms with van der Waals surface area (Å²) in [6.45, 7) is 6.02. The third-order valence-electron chi connectivity index (χ3n) is 1.98. The van der Waals surface area contributed by atoms with Gasteiger partial charge in [0.2, 0.25) is 0 Å². The van der Waals surface area contributed by atoms with E-state index in [1.807, 2.05) is 26.8 Å². The van der Waals surface area contributed by atoms with E-state index in [2.05, 4.69) is 0 Å². The van der Waals surface area contributed by atoms with Crippen LogP contribution in [0.15, 0.2) is 24.3 Å². The van der Waals surface area contributed by atoms with E-state index in [1.165, 1.54) is 12.1 Å². The number of benzene rings is 1. The second-order valence-electron chi connectivity index (χ2n) is 3.28. The molecule has 0 bridgehead atoms. The zero-order valence-corrected chi connectivity index (χ0v) is 9.83. The molecule has 0 fully saturated rings. The second kappa shape index (κ2) is 8.42. The summed E-state index contributed by atoms with van der Waals surface area (Å²) in [5.74, 6) is -0.235. The maximum Gasteiger partial charge on any atom is 0.123 e. The van der Waals surface area contributed by atoms with Crippen LogP contribution in [0.2, 0.25) is 0 Å². The molecule has 1 N–H and O–H groups in total. The van der Waals surface area contributed by atoms with Crippen LogP contribution in [-0.2, 0) is 6.42 Å². The van der Waals surface area contributed by atoms with Crippen molar-refractivity contribution < 1.29 is 9.50 Å². The Morgan fingerprint density at radius 3 is 2.53 bits per heavy atom. The van der Waals surface area contributed by atoms with Crippen molar-refractivity contribution in [2.24, 2.45) is 0 Å². The van der Waals surface area contributed by atoms with E-state index >= 15 is 0 Å². The second-order valence-corrected chi connectivity index (χ2v) is 3.28. The fraction of sp³-hybridized carbons (Fsp3) is 0.538. The van der Waals surface area contributed by atoms with E-state index in [-0.39, 0.29) is 11.9 Å². The lowest BCUT2D eigenvalue weighted by Gasteiger charge is -2.08. The summed E-state index contributed by atoms with van der Waals surface area (Å²) in [5, 5.41) is 9.47. The number of hydrogen-bond donors (Lipinski definition) is 1. The lowest BCUT2D eigenvalue weighted by atomic mass is 10.0. The average molecular weight is 212 g/mol. The molecule has 1 unspecified atom stereocenters. The predicted octanol–water partition coefficient (Wildman–Crippen LogP) is 3.56. The van der Waals surface area contributed by atoms with Gasteiger partial charge in [0.15, 0.2) is 0 Å². The Balaban J connectivity index is 0.000000921. The van der Waals surface area contributed by atoms with E-state index < -0.39 is 0 Å². The highest BCUT2D eigenvalue weighted by Crippen LogP contribution is 2.09. The first-order valence-electron chi connectivity index (χ1n) is 5.65. The highest BCUT2D eigenvalue weighted by Gasteiger charge is 2.04. The SMILES string of the molecule is CC.CCCC(O)Cc1cccc(F)c1. The van der Waals surface area contributed by atoms with Crippen LogP contribution in [0, 0.1) is 5.82 Å². The molecule has 15 heavy (non-hydrogen) atoms. The highest BCUT2D eigenvalue weighted by atomic mass is 19.1. The first-order chi connectivity index (χ1) is 7.22. The van der Waals surface area contributed by atoms with Crippen molar-refractivity contribution in [3.05, 3.63) is 35.6 Å². The van der Waals surface area contributed by atoms with Gasteiger partial charge in [-0.3, -0.25) is 0 Å². The van der Waals surface area contributed by atoms with E-state index in [4.69, 9.17) is 0 Å². The minimum atomic E-state index is -0.341. The summed E-state index contributed by atoms with van der Waals surface area (Å²) < 4.78 is 12.7. The zero-order chi connectivity index (χ0) is 11.7. The maximum absolute atomic E-state index is 12.7. The van der Waals surface area contributed by atoms with Crippen LogP contribution in [0.1, 0.15) is 39.2 Å².